The van der Waals surface area contributed by atoms with Crippen LogP contribution in [0.15, 0.2) is 24.3 Å². The minimum atomic E-state index is 0.0957. The second-order valence-electron chi connectivity index (χ2n) is 6.47. The molecule has 1 fully saturated rings. The molecule has 2 rings (SSSR count). The largest absolute Gasteiger partial charge is 0.323 e. The smallest absolute Gasteiger partial charge is 0.0450 e. The van der Waals surface area contributed by atoms with Crippen LogP contribution in [0.2, 0.25) is 0 Å². The molecule has 3 atom stereocenters. The highest BCUT2D eigenvalue weighted by molar-refractivity contribution is 5.25. The zero-order valence-corrected chi connectivity index (χ0v) is 13.3. The molecule has 1 aromatic rings. The molecule has 0 aliphatic carbocycles. The zero-order valence-electron chi connectivity index (χ0n) is 13.3. The number of likely N-dealkylation sites (N-methyl/N-ethyl adjacent to an activating group) is 1. The van der Waals surface area contributed by atoms with Gasteiger partial charge >= 0.3 is 0 Å². The minimum absolute atomic E-state index is 0.0957. The van der Waals surface area contributed by atoms with Gasteiger partial charge in [-0.05, 0) is 52.9 Å². The van der Waals surface area contributed by atoms with Gasteiger partial charge in [-0.2, -0.15) is 0 Å². The predicted octanol–water partition coefficient (Wildman–Crippen LogP) is 2.41. The average molecular weight is 275 g/mol. The van der Waals surface area contributed by atoms with E-state index >= 15 is 0 Å². The fraction of sp³-hybridized carbons (Fsp3) is 0.647. The molecule has 1 aromatic carbocycles. The van der Waals surface area contributed by atoms with Crippen LogP contribution in [0.3, 0.4) is 0 Å². The summed E-state index contributed by atoms with van der Waals surface area (Å²) in [5.74, 6) is 0. The number of rotatable bonds is 5. The summed E-state index contributed by atoms with van der Waals surface area (Å²) in [4.78, 5) is 4.89. The Labute approximate surface area is 123 Å². The van der Waals surface area contributed by atoms with Crippen LogP contribution in [0, 0.1) is 6.92 Å². The van der Waals surface area contributed by atoms with Gasteiger partial charge in [0.1, 0.15) is 0 Å². The summed E-state index contributed by atoms with van der Waals surface area (Å²) in [5.41, 5.74) is 9.05. The third-order valence-corrected chi connectivity index (χ3v) is 4.50. The average Bonchev–Trinajstić information content (AvgIpc) is 2.85. The molecule has 0 spiro atoms. The molecule has 3 heteroatoms. The number of hydrogen-bond donors (Lipinski definition) is 1. The molecule has 3 unspecified atom stereocenters. The molecular weight excluding hydrogens is 246 g/mol. The molecule has 1 aliphatic heterocycles. The maximum Gasteiger partial charge on any atom is 0.0450 e. The fourth-order valence-electron chi connectivity index (χ4n) is 3.29. The molecule has 1 saturated heterocycles. The SMILES string of the molecule is Cc1ccc(C(N)C(C)N2CCCC2CN(C)C)cc1. The van der Waals surface area contributed by atoms with Crippen LogP contribution in [0.5, 0.6) is 0 Å². The van der Waals surface area contributed by atoms with E-state index in [9.17, 15) is 0 Å². The predicted molar refractivity (Wildman–Crippen MR) is 85.9 cm³/mol. The summed E-state index contributed by atoms with van der Waals surface area (Å²) in [6, 6.07) is 9.80. The molecule has 20 heavy (non-hydrogen) atoms. The van der Waals surface area contributed by atoms with Gasteiger partial charge < -0.3 is 10.6 Å². The summed E-state index contributed by atoms with van der Waals surface area (Å²) in [6.07, 6.45) is 2.59. The lowest BCUT2D eigenvalue weighted by atomic mass is 9.98. The van der Waals surface area contributed by atoms with Crippen molar-refractivity contribution >= 4 is 0 Å². The first-order valence-electron chi connectivity index (χ1n) is 7.71. The van der Waals surface area contributed by atoms with Crippen molar-refractivity contribution in [3.05, 3.63) is 35.4 Å². The van der Waals surface area contributed by atoms with Crippen LogP contribution in [0.25, 0.3) is 0 Å². The number of likely N-dealkylation sites (tertiary alicyclic amines) is 1. The Kier molecular flexibility index (Phi) is 5.19. The van der Waals surface area contributed by atoms with Crippen LogP contribution in [0.1, 0.15) is 36.9 Å². The van der Waals surface area contributed by atoms with E-state index in [2.05, 4.69) is 62.0 Å². The molecule has 0 amide bonds. The van der Waals surface area contributed by atoms with Crippen molar-refractivity contribution < 1.29 is 0 Å². The lowest BCUT2D eigenvalue weighted by Crippen LogP contribution is -2.46. The highest BCUT2D eigenvalue weighted by Gasteiger charge is 2.31. The van der Waals surface area contributed by atoms with E-state index in [0.29, 0.717) is 12.1 Å². The number of benzene rings is 1. The first-order chi connectivity index (χ1) is 9.49. The third-order valence-electron chi connectivity index (χ3n) is 4.50. The third kappa shape index (κ3) is 3.60. The summed E-state index contributed by atoms with van der Waals surface area (Å²) in [7, 11) is 4.31. The Morgan fingerprint density at radius 2 is 1.95 bits per heavy atom. The van der Waals surface area contributed by atoms with Crippen LogP contribution in [-0.4, -0.2) is 49.1 Å². The monoisotopic (exact) mass is 275 g/mol. The van der Waals surface area contributed by atoms with Crippen LogP contribution >= 0.6 is 0 Å². The van der Waals surface area contributed by atoms with E-state index in [0.717, 1.165) is 6.54 Å². The number of nitrogens with zero attached hydrogens (tertiary/aromatic N) is 2. The van der Waals surface area contributed by atoms with Gasteiger partial charge in [0.15, 0.2) is 0 Å². The van der Waals surface area contributed by atoms with Gasteiger partial charge in [-0.3, -0.25) is 4.90 Å². The summed E-state index contributed by atoms with van der Waals surface area (Å²) in [5, 5.41) is 0. The van der Waals surface area contributed by atoms with Crippen molar-refractivity contribution in [2.24, 2.45) is 5.73 Å². The molecular formula is C17H29N3. The summed E-state index contributed by atoms with van der Waals surface area (Å²) in [6.45, 7) is 6.70. The van der Waals surface area contributed by atoms with Gasteiger partial charge in [-0.25, -0.2) is 0 Å². The molecule has 3 nitrogen and oxygen atoms in total. The Morgan fingerprint density at radius 1 is 1.30 bits per heavy atom. The van der Waals surface area contributed by atoms with Gasteiger partial charge in [-0.1, -0.05) is 29.8 Å². The number of hydrogen-bond acceptors (Lipinski definition) is 3. The molecule has 2 N–H and O–H groups in total. The lowest BCUT2D eigenvalue weighted by molar-refractivity contribution is 0.144. The van der Waals surface area contributed by atoms with Crippen molar-refractivity contribution in [2.45, 2.75) is 44.8 Å². The van der Waals surface area contributed by atoms with Crippen molar-refractivity contribution in [1.82, 2.24) is 9.80 Å². The number of nitrogens with two attached hydrogens (primary N) is 1. The maximum absolute atomic E-state index is 6.51. The highest BCUT2D eigenvalue weighted by Crippen LogP contribution is 2.26. The quantitative estimate of drug-likeness (QED) is 0.895. The normalized spacial score (nSPS) is 23.2. The Bertz CT molecular complexity index is 413. The van der Waals surface area contributed by atoms with Gasteiger partial charge in [0.05, 0.1) is 0 Å². The first kappa shape index (κ1) is 15.5. The second kappa shape index (κ2) is 6.70. The molecule has 0 saturated carbocycles. The van der Waals surface area contributed by atoms with Crippen molar-refractivity contribution in [2.75, 3.05) is 27.2 Å². The Balaban J connectivity index is 2.05. The lowest BCUT2D eigenvalue weighted by Gasteiger charge is -2.35. The highest BCUT2D eigenvalue weighted by atomic mass is 15.2. The van der Waals surface area contributed by atoms with E-state index in [1.54, 1.807) is 0 Å². The number of aryl methyl sites for hydroxylation is 1. The van der Waals surface area contributed by atoms with Gasteiger partial charge in [0.2, 0.25) is 0 Å². The van der Waals surface area contributed by atoms with Crippen LogP contribution in [0.4, 0.5) is 0 Å². The Hall–Kier alpha value is -0.900. The van der Waals surface area contributed by atoms with Crippen LogP contribution in [-0.2, 0) is 0 Å². The van der Waals surface area contributed by atoms with Gasteiger partial charge in [-0.15, -0.1) is 0 Å². The standard InChI is InChI=1S/C17H29N3/c1-13-7-9-15(10-8-13)17(18)14(2)20-11-5-6-16(20)12-19(3)4/h7-10,14,16-17H,5-6,11-12,18H2,1-4H3. The molecule has 0 radical (unpaired) electrons. The van der Waals surface area contributed by atoms with Gasteiger partial charge in [0, 0.05) is 24.7 Å². The molecule has 112 valence electrons. The molecule has 0 aromatic heterocycles. The first-order valence-corrected chi connectivity index (χ1v) is 7.71. The topological polar surface area (TPSA) is 32.5 Å². The fourth-order valence-corrected chi connectivity index (χ4v) is 3.29. The minimum Gasteiger partial charge on any atom is -0.323 e. The van der Waals surface area contributed by atoms with Crippen molar-refractivity contribution in [3.63, 3.8) is 0 Å². The van der Waals surface area contributed by atoms with E-state index in [4.69, 9.17) is 5.73 Å². The molecule has 0 bridgehead atoms. The molecule has 1 heterocycles. The summed E-state index contributed by atoms with van der Waals surface area (Å²) < 4.78 is 0. The van der Waals surface area contributed by atoms with E-state index in [1.807, 2.05) is 0 Å². The molecule has 1 aliphatic rings. The van der Waals surface area contributed by atoms with Gasteiger partial charge in [0.25, 0.3) is 0 Å². The van der Waals surface area contributed by atoms with Crippen LogP contribution < -0.4 is 5.73 Å². The van der Waals surface area contributed by atoms with E-state index in [1.165, 1.54) is 30.5 Å². The maximum atomic E-state index is 6.51. The Morgan fingerprint density at radius 3 is 2.55 bits per heavy atom. The van der Waals surface area contributed by atoms with Crippen molar-refractivity contribution in [3.8, 4) is 0 Å². The van der Waals surface area contributed by atoms with E-state index in [-0.39, 0.29) is 6.04 Å². The zero-order chi connectivity index (χ0) is 14.7. The second-order valence-corrected chi connectivity index (χ2v) is 6.47. The van der Waals surface area contributed by atoms with E-state index < -0.39 is 0 Å². The summed E-state index contributed by atoms with van der Waals surface area (Å²) >= 11 is 0. The van der Waals surface area contributed by atoms with Crippen molar-refractivity contribution in [1.29, 1.82) is 0 Å².